The van der Waals surface area contributed by atoms with Crippen LogP contribution >= 0.6 is 0 Å². The number of hydrogen-bond acceptors (Lipinski definition) is 6. The molecular weight excluding hydrogens is 196 g/mol. The van der Waals surface area contributed by atoms with Gasteiger partial charge in [0.05, 0.1) is 6.26 Å². The molecule has 0 fully saturated rings. The van der Waals surface area contributed by atoms with Crippen molar-refractivity contribution >= 4 is 11.8 Å². The standard InChI is InChI=1S/C9H10N4O2/c10-7-4-8(13-9(11)12-7)15-5-6-2-1-3-14-6/h1-4H,5H2,(H4,10,11,12,13). The molecule has 0 bridgehead atoms. The van der Waals surface area contributed by atoms with E-state index < -0.39 is 0 Å². The molecule has 2 aromatic heterocycles. The summed E-state index contributed by atoms with van der Waals surface area (Å²) in [6.07, 6.45) is 1.57. The van der Waals surface area contributed by atoms with E-state index in [1.165, 1.54) is 6.07 Å². The van der Waals surface area contributed by atoms with Gasteiger partial charge in [0, 0.05) is 6.07 Å². The fourth-order valence-corrected chi connectivity index (χ4v) is 1.07. The first-order valence-corrected chi connectivity index (χ1v) is 4.29. The van der Waals surface area contributed by atoms with E-state index in [0.29, 0.717) is 11.6 Å². The molecule has 0 atom stereocenters. The highest BCUT2D eigenvalue weighted by Crippen LogP contribution is 2.13. The number of rotatable bonds is 3. The van der Waals surface area contributed by atoms with Crippen LogP contribution in [0.5, 0.6) is 5.88 Å². The van der Waals surface area contributed by atoms with Gasteiger partial charge in [-0.05, 0) is 12.1 Å². The van der Waals surface area contributed by atoms with Gasteiger partial charge in [0.25, 0.3) is 0 Å². The first-order valence-electron chi connectivity index (χ1n) is 4.29. The lowest BCUT2D eigenvalue weighted by Crippen LogP contribution is -2.03. The lowest BCUT2D eigenvalue weighted by atomic mass is 10.5. The second-order valence-corrected chi connectivity index (χ2v) is 2.86. The lowest BCUT2D eigenvalue weighted by Gasteiger charge is -2.04. The highest BCUT2D eigenvalue weighted by atomic mass is 16.5. The maximum Gasteiger partial charge on any atom is 0.225 e. The minimum atomic E-state index is 0.0874. The van der Waals surface area contributed by atoms with Gasteiger partial charge in [-0.25, -0.2) is 0 Å². The molecule has 15 heavy (non-hydrogen) atoms. The molecule has 2 heterocycles. The third-order valence-corrected chi connectivity index (χ3v) is 1.68. The second kappa shape index (κ2) is 3.87. The minimum absolute atomic E-state index is 0.0874. The summed E-state index contributed by atoms with van der Waals surface area (Å²) < 4.78 is 10.4. The molecule has 6 heteroatoms. The van der Waals surface area contributed by atoms with E-state index in [4.69, 9.17) is 20.6 Å². The van der Waals surface area contributed by atoms with E-state index in [-0.39, 0.29) is 18.4 Å². The summed E-state index contributed by atoms with van der Waals surface area (Å²) in [6.45, 7) is 0.281. The van der Waals surface area contributed by atoms with Crippen molar-refractivity contribution in [2.75, 3.05) is 11.5 Å². The number of aromatic nitrogens is 2. The van der Waals surface area contributed by atoms with Crippen molar-refractivity contribution in [3.63, 3.8) is 0 Å². The summed E-state index contributed by atoms with van der Waals surface area (Å²) in [7, 11) is 0. The zero-order chi connectivity index (χ0) is 10.7. The van der Waals surface area contributed by atoms with Crippen LogP contribution in [0.2, 0.25) is 0 Å². The van der Waals surface area contributed by atoms with Crippen molar-refractivity contribution in [3.8, 4) is 5.88 Å². The number of anilines is 2. The summed E-state index contributed by atoms with van der Waals surface area (Å²) in [5.74, 6) is 1.39. The Kier molecular flexibility index (Phi) is 2.40. The molecule has 0 aliphatic heterocycles. The molecule has 0 unspecified atom stereocenters. The van der Waals surface area contributed by atoms with E-state index in [2.05, 4.69) is 9.97 Å². The Balaban J connectivity index is 2.05. The molecule has 0 radical (unpaired) electrons. The Labute approximate surface area is 85.9 Å². The van der Waals surface area contributed by atoms with Crippen LogP contribution in [0.15, 0.2) is 28.9 Å². The van der Waals surface area contributed by atoms with Crippen molar-refractivity contribution in [2.24, 2.45) is 0 Å². The number of hydrogen-bond donors (Lipinski definition) is 2. The van der Waals surface area contributed by atoms with Gasteiger partial charge in [0.2, 0.25) is 11.8 Å². The summed E-state index contributed by atoms with van der Waals surface area (Å²) >= 11 is 0. The molecule has 0 aliphatic carbocycles. The molecule has 0 aromatic carbocycles. The first kappa shape index (κ1) is 9.32. The van der Waals surface area contributed by atoms with Gasteiger partial charge >= 0.3 is 0 Å². The third-order valence-electron chi connectivity index (χ3n) is 1.68. The fraction of sp³-hybridized carbons (Fsp3) is 0.111. The monoisotopic (exact) mass is 206 g/mol. The molecule has 2 aromatic rings. The largest absolute Gasteiger partial charge is 0.469 e. The zero-order valence-corrected chi connectivity index (χ0v) is 7.88. The zero-order valence-electron chi connectivity index (χ0n) is 7.88. The Morgan fingerprint density at radius 2 is 2.20 bits per heavy atom. The van der Waals surface area contributed by atoms with Gasteiger partial charge in [-0.15, -0.1) is 0 Å². The normalized spacial score (nSPS) is 10.1. The number of nitrogens with two attached hydrogens (primary N) is 2. The summed E-state index contributed by atoms with van der Waals surface area (Å²) in [5.41, 5.74) is 10.9. The molecular formula is C9H10N4O2. The number of nitrogen functional groups attached to an aromatic ring is 2. The Bertz CT molecular complexity index is 421. The molecule has 0 saturated heterocycles. The maximum atomic E-state index is 5.47. The van der Waals surface area contributed by atoms with Gasteiger partial charge in [0.15, 0.2) is 0 Å². The molecule has 2 rings (SSSR count). The van der Waals surface area contributed by atoms with Crippen LogP contribution < -0.4 is 16.2 Å². The van der Waals surface area contributed by atoms with E-state index >= 15 is 0 Å². The van der Waals surface area contributed by atoms with Crippen LogP contribution in [0.1, 0.15) is 5.76 Å². The summed E-state index contributed by atoms with van der Waals surface area (Å²) in [6, 6.07) is 5.08. The number of ether oxygens (including phenoxy) is 1. The molecule has 0 spiro atoms. The fourth-order valence-electron chi connectivity index (χ4n) is 1.07. The van der Waals surface area contributed by atoms with Gasteiger partial charge in [0.1, 0.15) is 18.2 Å². The second-order valence-electron chi connectivity index (χ2n) is 2.86. The predicted octanol–water partition coefficient (Wildman–Crippen LogP) is 0.813. The molecule has 0 saturated carbocycles. The van der Waals surface area contributed by atoms with Crippen molar-refractivity contribution in [1.82, 2.24) is 9.97 Å². The van der Waals surface area contributed by atoms with E-state index in [9.17, 15) is 0 Å². The summed E-state index contributed by atoms with van der Waals surface area (Å²) in [4.78, 5) is 7.58. The highest BCUT2D eigenvalue weighted by molar-refractivity contribution is 5.38. The Morgan fingerprint density at radius 1 is 1.33 bits per heavy atom. The van der Waals surface area contributed by atoms with Gasteiger partial charge in [-0.3, -0.25) is 0 Å². The van der Waals surface area contributed by atoms with Crippen molar-refractivity contribution in [2.45, 2.75) is 6.61 Å². The van der Waals surface area contributed by atoms with Crippen LogP contribution in [-0.4, -0.2) is 9.97 Å². The van der Waals surface area contributed by atoms with Gasteiger partial charge in [-0.2, -0.15) is 9.97 Å². The molecule has 6 nitrogen and oxygen atoms in total. The quantitative estimate of drug-likeness (QED) is 0.770. The van der Waals surface area contributed by atoms with Gasteiger partial charge < -0.3 is 20.6 Å². The average molecular weight is 206 g/mol. The Morgan fingerprint density at radius 3 is 2.87 bits per heavy atom. The summed E-state index contributed by atoms with van der Waals surface area (Å²) in [5, 5.41) is 0. The van der Waals surface area contributed by atoms with Crippen LogP contribution in [0.3, 0.4) is 0 Å². The van der Waals surface area contributed by atoms with Crippen LogP contribution in [0.25, 0.3) is 0 Å². The molecule has 0 amide bonds. The van der Waals surface area contributed by atoms with Crippen LogP contribution in [0.4, 0.5) is 11.8 Å². The minimum Gasteiger partial charge on any atom is -0.469 e. The van der Waals surface area contributed by atoms with Crippen LogP contribution in [-0.2, 0) is 6.61 Å². The van der Waals surface area contributed by atoms with Gasteiger partial charge in [-0.1, -0.05) is 0 Å². The van der Waals surface area contributed by atoms with Crippen LogP contribution in [0, 0.1) is 0 Å². The lowest BCUT2D eigenvalue weighted by molar-refractivity contribution is 0.261. The Hall–Kier alpha value is -2.24. The van der Waals surface area contributed by atoms with Crippen molar-refractivity contribution in [3.05, 3.63) is 30.2 Å². The van der Waals surface area contributed by atoms with E-state index in [0.717, 1.165) is 0 Å². The third kappa shape index (κ3) is 2.37. The smallest absolute Gasteiger partial charge is 0.225 e. The number of furan rings is 1. The van der Waals surface area contributed by atoms with Crippen molar-refractivity contribution < 1.29 is 9.15 Å². The maximum absolute atomic E-state index is 5.47. The SMILES string of the molecule is Nc1cc(OCc2ccco2)nc(N)n1. The number of nitrogens with zero attached hydrogens (tertiary/aromatic N) is 2. The van der Waals surface area contributed by atoms with E-state index in [1.807, 2.05) is 0 Å². The molecule has 78 valence electrons. The van der Waals surface area contributed by atoms with E-state index in [1.54, 1.807) is 18.4 Å². The molecule has 0 aliphatic rings. The topological polar surface area (TPSA) is 100 Å². The highest BCUT2D eigenvalue weighted by Gasteiger charge is 2.02. The average Bonchev–Trinajstić information content (AvgIpc) is 2.65. The predicted molar refractivity (Wildman–Crippen MR) is 53.9 cm³/mol. The first-order chi connectivity index (χ1) is 7.24. The van der Waals surface area contributed by atoms with Crippen molar-refractivity contribution in [1.29, 1.82) is 0 Å². The molecule has 4 N–H and O–H groups in total.